The summed E-state index contributed by atoms with van der Waals surface area (Å²) in [5, 5.41) is 15.9. The van der Waals surface area contributed by atoms with Crippen molar-refractivity contribution in [1.82, 2.24) is 5.32 Å². The fraction of sp³-hybridized carbons (Fsp3) is 0.235. The third kappa shape index (κ3) is 3.16. The number of carbonyl (C=O) groups is 1. The molecule has 21 heavy (non-hydrogen) atoms. The van der Waals surface area contributed by atoms with Gasteiger partial charge in [-0.3, -0.25) is 4.79 Å². The molecule has 0 aromatic heterocycles. The van der Waals surface area contributed by atoms with Crippen LogP contribution < -0.4 is 10.6 Å². The van der Waals surface area contributed by atoms with Gasteiger partial charge in [0.2, 0.25) is 0 Å². The molecular formula is C17H20N2O2. The molecule has 0 aliphatic rings. The van der Waals surface area contributed by atoms with E-state index in [1.165, 1.54) is 0 Å². The third-order valence-corrected chi connectivity index (χ3v) is 3.58. The SMILES string of the molecule is CNC(=O)c1cccc(NC(C)c2ccccc2O)c1C. The van der Waals surface area contributed by atoms with Crippen LogP contribution in [0.1, 0.15) is 34.5 Å². The number of nitrogens with one attached hydrogen (secondary N) is 2. The van der Waals surface area contributed by atoms with Crippen LogP contribution in [0.15, 0.2) is 42.5 Å². The second-order valence-electron chi connectivity index (χ2n) is 4.98. The summed E-state index contributed by atoms with van der Waals surface area (Å²) < 4.78 is 0. The third-order valence-electron chi connectivity index (χ3n) is 3.58. The van der Waals surface area contributed by atoms with Gasteiger partial charge < -0.3 is 15.7 Å². The lowest BCUT2D eigenvalue weighted by Gasteiger charge is -2.19. The Labute approximate surface area is 124 Å². The summed E-state index contributed by atoms with van der Waals surface area (Å²) in [6, 6.07) is 12.7. The van der Waals surface area contributed by atoms with E-state index in [0.29, 0.717) is 5.56 Å². The Morgan fingerprint density at radius 1 is 1.14 bits per heavy atom. The van der Waals surface area contributed by atoms with Crippen molar-refractivity contribution in [2.45, 2.75) is 19.9 Å². The molecule has 0 bridgehead atoms. The Morgan fingerprint density at radius 2 is 1.86 bits per heavy atom. The average Bonchev–Trinajstić information content (AvgIpc) is 2.49. The van der Waals surface area contributed by atoms with Crippen molar-refractivity contribution in [3.05, 3.63) is 59.2 Å². The van der Waals surface area contributed by atoms with E-state index in [1.54, 1.807) is 25.2 Å². The fourth-order valence-electron chi connectivity index (χ4n) is 2.34. The minimum absolute atomic E-state index is 0.0650. The first-order chi connectivity index (χ1) is 10.0. The predicted octanol–water partition coefficient (Wildman–Crippen LogP) is 3.23. The van der Waals surface area contributed by atoms with E-state index in [4.69, 9.17) is 0 Å². The highest BCUT2D eigenvalue weighted by atomic mass is 16.3. The highest BCUT2D eigenvalue weighted by Crippen LogP contribution is 2.28. The van der Waals surface area contributed by atoms with E-state index < -0.39 is 0 Å². The first kappa shape index (κ1) is 14.9. The first-order valence-corrected chi connectivity index (χ1v) is 6.90. The van der Waals surface area contributed by atoms with Crippen LogP contribution in [-0.2, 0) is 0 Å². The van der Waals surface area contributed by atoms with Crippen molar-refractivity contribution in [1.29, 1.82) is 0 Å². The molecule has 110 valence electrons. The molecule has 0 aliphatic carbocycles. The zero-order valence-electron chi connectivity index (χ0n) is 12.5. The summed E-state index contributed by atoms with van der Waals surface area (Å²) in [6.45, 7) is 3.88. The monoisotopic (exact) mass is 284 g/mol. The molecular weight excluding hydrogens is 264 g/mol. The summed E-state index contributed by atoms with van der Waals surface area (Å²) >= 11 is 0. The maximum Gasteiger partial charge on any atom is 0.251 e. The maximum absolute atomic E-state index is 11.8. The number of hydrogen-bond acceptors (Lipinski definition) is 3. The molecule has 2 rings (SSSR count). The van der Waals surface area contributed by atoms with Crippen molar-refractivity contribution in [3.63, 3.8) is 0 Å². The van der Waals surface area contributed by atoms with E-state index in [0.717, 1.165) is 16.8 Å². The van der Waals surface area contributed by atoms with Gasteiger partial charge in [-0.1, -0.05) is 24.3 Å². The number of aromatic hydroxyl groups is 1. The van der Waals surface area contributed by atoms with Crippen molar-refractivity contribution >= 4 is 11.6 Å². The van der Waals surface area contributed by atoms with Gasteiger partial charge in [-0.25, -0.2) is 0 Å². The number of para-hydroxylation sites is 1. The smallest absolute Gasteiger partial charge is 0.251 e. The van der Waals surface area contributed by atoms with Crippen molar-refractivity contribution in [2.24, 2.45) is 0 Å². The van der Waals surface area contributed by atoms with Crippen LogP contribution >= 0.6 is 0 Å². The van der Waals surface area contributed by atoms with Gasteiger partial charge in [0.05, 0.1) is 6.04 Å². The van der Waals surface area contributed by atoms with E-state index in [1.807, 2.05) is 38.1 Å². The topological polar surface area (TPSA) is 61.4 Å². The predicted molar refractivity (Wildman–Crippen MR) is 84.7 cm³/mol. The minimum atomic E-state index is -0.105. The molecule has 4 nitrogen and oxygen atoms in total. The Hall–Kier alpha value is -2.49. The lowest BCUT2D eigenvalue weighted by molar-refractivity contribution is 0.0962. The number of amides is 1. The van der Waals surface area contributed by atoms with E-state index in [-0.39, 0.29) is 17.7 Å². The van der Waals surface area contributed by atoms with Crippen LogP contribution in [0.4, 0.5) is 5.69 Å². The normalized spacial score (nSPS) is 11.8. The molecule has 0 saturated heterocycles. The van der Waals surface area contributed by atoms with Gasteiger partial charge in [0.25, 0.3) is 5.91 Å². The molecule has 4 heteroatoms. The molecule has 0 spiro atoms. The summed E-state index contributed by atoms with van der Waals surface area (Å²) in [5.74, 6) is 0.156. The Kier molecular flexibility index (Phi) is 4.48. The van der Waals surface area contributed by atoms with Crippen LogP contribution in [0, 0.1) is 6.92 Å². The van der Waals surface area contributed by atoms with Gasteiger partial charge in [-0.2, -0.15) is 0 Å². The van der Waals surface area contributed by atoms with Gasteiger partial charge in [0.1, 0.15) is 5.75 Å². The second kappa shape index (κ2) is 6.31. The largest absolute Gasteiger partial charge is 0.508 e. The number of rotatable bonds is 4. The Morgan fingerprint density at radius 3 is 2.52 bits per heavy atom. The second-order valence-corrected chi connectivity index (χ2v) is 4.98. The molecule has 0 fully saturated rings. The van der Waals surface area contributed by atoms with Crippen molar-refractivity contribution < 1.29 is 9.90 Å². The number of phenols is 1. The number of benzene rings is 2. The summed E-state index contributed by atoms with van der Waals surface area (Å²) in [4.78, 5) is 11.8. The van der Waals surface area contributed by atoms with E-state index >= 15 is 0 Å². The Bertz CT molecular complexity index is 653. The standard InChI is InChI=1S/C17H20N2O2/c1-11-13(17(21)18-3)8-6-9-15(11)19-12(2)14-7-4-5-10-16(14)20/h4-10,12,19-20H,1-3H3,(H,18,21). The lowest BCUT2D eigenvalue weighted by Crippen LogP contribution is -2.19. The van der Waals surface area contributed by atoms with Crippen molar-refractivity contribution in [3.8, 4) is 5.75 Å². The van der Waals surface area contributed by atoms with Gasteiger partial charge in [0.15, 0.2) is 0 Å². The number of hydrogen-bond donors (Lipinski definition) is 3. The average molecular weight is 284 g/mol. The molecule has 2 aromatic rings. The van der Waals surface area contributed by atoms with Crippen LogP contribution in [0.5, 0.6) is 5.75 Å². The van der Waals surface area contributed by atoms with Crippen LogP contribution in [0.3, 0.4) is 0 Å². The lowest BCUT2D eigenvalue weighted by atomic mass is 10.0. The minimum Gasteiger partial charge on any atom is -0.508 e. The molecule has 0 radical (unpaired) electrons. The Balaban J connectivity index is 2.28. The molecule has 3 N–H and O–H groups in total. The van der Waals surface area contributed by atoms with Gasteiger partial charge in [0, 0.05) is 23.9 Å². The highest BCUT2D eigenvalue weighted by Gasteiger charge is 2.14. The zero-order valence-corrected chi connectivity index (χ0v) is 12.5. The van der Waals surface area contributed by atoms with Gasteiger partial charge in [-0.05, 0) is 37.6 Å². The highest BCUT2D eigenvalue weighted by molar-refractivity contribution is 5.96. The van der Waals surface area contributed by atoms with Crippen molar-refractivity contribution in [2.75, 3.05) is 12.4 Å². The molecule has 0 aliphatic heterocycles. The number of phenolic OH excluding ortho intramolecular Hbond substituents is 1. The summed E-state index contributed by atoms with van der Waals surface area (Å²) in [6.07, 6.45) is 0. The molecule has 2 aromatic carbocycles. The van der Waals surface area contributed by atoms with Gasteiger partial charge >= 0.3 is 0 Å². The summed E-state index contributed by atoms with van der Waals surface area (Å²) in [7, 11) is 1.62. The van der Waals surface area contributed by atoms with Crippen LogP contribution in [0.25, 0.3) is 0 Å². The first-order valence-electron chi connectivity index (χ1n) is 6.90. The quantitative estimate of drug-likeness (QED) is 0.807. The van der Waals surface area contributed by atoms with Crippen LogP contribution in [-0.4, -0.2) is 18.1 Å². The van der Waals surface area contributed by atoms with E-state index in [9.17, 15) is 9.90 Å². The summed E-state index contributed by atoms with van der Waals surface area (Å²) in [5.41, 5.74) is 3.24. The zero-order chi connectivity index (χ0) is 15.4. The fourth-order valence-corrected chi connectivity index (χ4v) is 2.34. The maximum atomic E-state index is 11.8. The number of anilines is 1. The molecule has 1 atom stereocenters. The molecule has 1 amide bonds. The molecule has 1 unspecified atom stereocenters. The van der Waals surface area contributed by atoms with E-state index in [2.05, 4.69) is 10.6 Å². The molecule has 0 heterocycles. The van der Waals surface area contributed by atoms with Crippen LogP contribution in [0.2, 0.25) is 0 Å². The molecule has 0 saturated carbocycles. The number of carbonyl (C=O) groups excluding carboxylic acids is 1. The van der Waals surface area contributed by atoms with Gasteiger partial charge in [-0.15, -0.1) is 0 Å².